The molecule has 1 aliphatic rings. The van der Waals surface area contributed by atoms with Crippen molar-refractivity contribution in [2.75, 3.05) is 20.1 Å². The number of nitrogens with one attached hydrogen (secondary N) is 4. The first-order valence-electron chi connectivity index (χ1n) is 14.0. The molecule has 0 saturated heterocycles. The molecule has 0 heterocycles. The summed E-state index contributed by atoms with van der Waals surface area (Å²) >= 11 is 0. The van der Waals surface area contributed by atoms with Crippen LogP contribution >= 0.6 is 0 Å². The Balaban J connectivity index is 2.78. The van der Waals surface area contributed by atoms with Crippen LogP contribution in [-0.2, 0) is 24.0 Å². The molecule has 1 rings (SSSR count). The van der Waals surface area contributed by atoms with Crippen molar-refractivity contribution in [2.24, 2.45) is 11.8 Å². The van der Waals surface area contributed by atoms with Crippen molar-refractivity contribution in [1.82, 2.24) is 26.3 Å². The van der Waals surface area contributed by atoms with Crippen LogP contribution in [-0.4, -0.2) is 77.8 Å². The molecule has 5 N–H and O–H groups in total. The van der Waals surface area contributed by atoms with E-state index in [4.69, 9.17) is 5.21 Å². The van der Waals surface area contributed by atoms with Crippen LogP contribution in [0, 0.1) is 11.8 Å². The Hall–Kier alpha value is -2.53. The van der Waals surface area contributed by atoms with E-state index in [2.05, 4.69) is 22.9 Å². The number of hydrogen-bond acceptors (Lipinski definition) is 7. The predicted molar refractivity (Wildman–Crippen MR) is 144 cm³/mol. The van der Waals surface area contributed by atoms with Crippen molar-refractivity contribution < 1.29 is 29.2 Å². The summed E-state index contributed by atoms with van der Waals surface area (Å²) < 4.78 is 0. The summed E-state index contributed by atoms with van der Waals surface area (Å²) in [6, 6.07) is -1.47. The van der Waals surface area contributed by atoms with E-state index >= 15 is 0 Å². The van der Waals surface area contributed by atoms with Crippen LogP contribution in [0.2, 0.25) is 0 Å². The number of aldehydes is 1. The van der Waals surface area contributed by atoms with Gasteiger partial charge in [0.2, 0.25) is 23.6 Å². The summed E-state index contributed by atoms with van der Waals surface area (Å²) in [6.07, 6.45) is 7.16. The van der Waals surface area contributed by atoms with Crippen LogP contribution in [0.3, 0.4) is 0 Å². The van der Waals surface area contributed by atoms with Gasteiger partial charge < -0.3 is 25.6 Å². The summed E-state index contributed by atoms with van der Waals surface area (Å²) in [5, 5.41) is 17.4. The summed E-state index contributed by atoms with van der Waals surface area (Å²) in [4.78, 5) is 63.8. The topological polar surface area (TPSA) is 157 Å². The van der Waals surface area contributed by atoms with E-state index in [-0.39, 0.29) is 30.7 Å². The first kappa shape index (κ1) is 33.5. The molecule has 0 aliphatic heterocycles. The third kappa shape index (κ3) is 10.7. The van der Waals surface area contributed by atoms with Gasteiger partial charge in [0.05, 0.1) is 18.1 Å². The summed E-state index contributed by atoms with van der Waals surface area (Å²) in [5.74, 6) is -1.18. The van der Waals surface area contributed by atoms with Gasteiger partial charge in [-0.05, 0) is 51.0 Å². The highest BCUT2D eigenvalue weighted by Crippen LogP contribution is 2.32. The monoisotopic (exact) mass is 539 g/mol. The third-order valence-electron chi connectivity index (χ3n) is 7.32. The molecule has 0 aromatic heterocycles. The maximum absolute atomic E-state index is 13.6. The maximum Gasteiger partial charge on any atom is 0.245 e. The van der Waals surface area contributed by atoms with Crippen LogP contribution < -0.4 is 21.4 Å². The van der Waals surface area contributed by atoms with E-state index in [1.807, 2.05) is 20.8 Å². The first-order chi connectivity index (χ1) is 18.0. The van der Waals surface area contributed by atoms with Crippen LogP contribution in [0.15, 0.2) is 0 Å². The number of nitrogens with zero attached hydrogens (tertiary/aromatic N) is 1. The largest absolute Gasteiger partial charge is 0.345 e. The van der Waals surface area contributed by atoms with Crippen molar-refractivity contribution >= 4 is 29.9 Å². The van der Waals surface area contributed by atoms with Gasteiger partial charge in [-0.2, -0.15) is 0 Å². The second-order valence-corrected chi connectivity index (χ2v) is 10.9. The van der Waals surface area contributed by atoms with Crippen LogP contribution in [0.25, 0.3) is 0 Å². The van der Waals surface area contributed by atoms with Crippen molar-refractivity contribution in [1.29, 1.82) is 0 Å². The Morgan fingerprint density at radius 2 is 1.82 bits per heavy atom. The molecular weight excluding hydrogens is 490 g/mol. The van der Waals surface area contributed by atoms with Gasteiger partial charge >= 0.3 is 0 Å². The lowest BCUT2D eigenvalue weighted by atomic mass is 9.75. The standard InChI is InChI=1S/C27H49N5O6/c1-6-15-32(17-23(35)29-21(18-33)12-8-7-9-13-22(34)31-38)25(36)24(19(2)3)30-26(37)27(28-5)14-10-11-20(4)16-27/h18-21,24,28,38H,6-17H2,1-5H3,(H,29,35)(H,30,37)(H,31,34). The molecule has 0 aromatic rings. The molecule has 11 nitrogen and oxygen atoms in total. The number of hydroxylamine groups is 1. The maximum atomic E-state index is 13.6. The number of rotatable bonds is 17. The molecular formula is C27H49N5O6. The van der Waals surface area contributed by atoms with E-state index in [0.717, 1.165) is 12.8 Å². The SMILES string of the molecule is CCCN(CC(=O)NC(C=O)CCCCCC(=O)NO)C(=O)C(NC(=O)C1(NC)CCCC(C)C1)C(C)C. The molecule has 0 spiro atoms. The molecule has 0 radical (unpaired) electrons. The zero-order valence-electron chi connectivity index (χ0n) is 23.8. The van der Waals surface area contributed by atoms with Crippen LogP contribution in [0.5, 0.6) is 0 Å². The highest BCUT2D eigenvalue weighted by atomic mass is 16.5. The fourth-order valence-corrected chi connectivity index (χ4v) is 5.11. The fourth-order valence-electron chi connectivity index (χ4n) is 5.11. The normalized spacial score (nSPS) is 20.8. The van der Waals surface area contributed by atoms with E-state index in [9.17, 15) is 24.0 Å². The van der Waals surface area contributed by atoms with Gasteiger partial charge in [-0.25, -0.2) is 5.48 Å². The minimum atomic E-state index is -0.776. The van der Waals surface area contributed by atoms with Gasteiger partial charge in [-0.3, -0.25) is 24.4 Å². The minimum absolute atomic E-state index is 0.181. The minimum Gasteiger partial charge on any atom is -0.345 e. The number of hydrogen-bond donors (Lipinski definition) is 5. The first-order valence-corrected chi connectivity index (χ1v) is 14.0. The molecule has 38 heavy (non-hydrogen) atoms. The van der Waals surface area contributed by atoms with Crippen molar-refractivity contribution in [2.45, 2.75) is 110 Å². The molecule has 1 aliphatic carbocycles. The van der Waals surface area contributed by atoms with E-state index in [1.54, 1.807) is 12.5 Å². The number of likely N-dealkylation sites (N-methyl/N-ethyl adjacent to an activating group) is 1. The van der Waals surface area contributed by atoms with E-state index < -0.39 is 29.4 Å². The molecule has 4 unspecified atom stereocenters. The van der Waals surface area contributed by atoms with Gasteiger partial charge in [0, 0.05) is 13.0 Å². The van der Waals surface area contributed by atoms with E-state index in [1.165, 1.54) is 4.90 Å². The smallest absolute Gasteiger partial charge is 0.245 e. The third-order valence-corrected chi connectivity index (χ3v) is 7.32. The lowest BCUT2D eigenvalue weighted by molar-refractivity contribution is -0.142. The van der Waals surface area contributed by atoms with Gasteiger partial charge in [0.25, 0.3) is 0 Å². The summed E-state index contributed by atoms with van der Waals surface area (Å²) in [7, 11) is 1.78. The number of unbranched alkanes of at least 4 members (excludes halogenated alkanes) is 2. The lowest BCUT2D eigenvalue weighted by Crippen LogP contribution is -2.62. The van der Waals surface area contributed by atoms with Crippen molar-refractivity contribution in [3.8, 4) is 0 Å². The molecule has 4 atom stereocenters. The Kier molecular flexibility index (Phi) is 15.1. The quantitative estimate of drug-likeness (QED) is 0.0814. The highest BCUT2D eigenvalue weighted by Gasteiger charge is 2.42. The van der Waals surface area contributed by atoms with Gasteiger partial charge in [-0.1, -0.05) is 53.4 Å². The Morgan fingerprint density at radius 1 is 1.11 bits per heavy atom. The van der Waals surface area contributed by atoms with Crippen LogP contribution in [0.4, 0.5) is 0 Å². The van der Waals surface area contributed by atoms with Gasteiger partial charge in [0.15, 0.2) is 0 Å². The number of carbonyl (C=O) groups excluding carboxylic acids is 5. The molecule has 4 amide bonds. The second-order valence-electron chi connectivity index (χ2n) is 10.9. The van der Waals surface area contributed by atoms with Crippen LogP contribution in [0.1, 0.15) is 91.9 Å². The molecule has 11 heteroatoms. The summed E-state index contributed by atoms with van der Waals surface area (Å²) in [5.41, 5.74) is 0.866. The van der Waals surface area contributed by atoms with Gasteiger partial charge in [0.1, 0.15) is 12.3 Å². The number of amides is 4. The second kappa shape index (κ2) is 17.1. The average Bonchev–Trinajstić information content (AvgIpc) is 2.89. The zero-order chi connectivity index (χ0) is 28.7. The average molecular weight is 540 g/mol. The lowest BCUT2D eigenvalue weighted by Gasteiger charge is -2.40. The Labute approximate surface area is 227 Å². The predicted octanol–water partition coefficient (Wildman–Crippen LogP) is 1.67. The molecule has 1 fully saturated rings. The number of carbonyl (C=O) groups is 5. The zero-order valence-corrected chi connectivity index (χ0v) is 23.8. The van der Waals surface area contributed by atoms with E-state index in [0.29, 0.717) is 63.7 Å². The van der Waals surface area contributed by atoms with Gasteiger partial charge in [-0.15, -0.1) is 0 Å². The van der Waals surface area contributed by atoms with Crippen molar-refractivity contribution in [3.63, 3.8) is 0 Å². The summed E-state index contributed by atoms with van der Waals surface area (Å²) in [6.45, 7) is 7.92. The fraction of sp³-hybridized carbons (Fsp3) is 0.815. The highest BCUT2D eigenvalue weighted by molar-refractivity contribution is 5.94. The van der Waals surface area contributed by atoms with Crippen molar-refractivity contribution in [3.05, 3.63) is 0 Å². The molecule has 0 bridgehead atoms. The molecule has 218 valence electrons. The Morgan fingerprint density at radius 3 is 2.37 bits per heavy atom. The Bertz CT molecular complexity index is 792. The molecule has 1 saturated carbocycles. The molecule has 0 aromatic carbocycles.